The average molecular weight is 344 g/mol. The van der Waals surface area contributed by atoms with Crippen LogP contribution in [0.1, 0.15) is 50.5 Å². The first kappa shape index (κ1) is 18.1. The molecule has 1 aromatic rings. The molecule has 4 nitrogen and oxygen atoms in total. The Morgan fingerprint density at radius 3 is 2.72 bits per heavy atom. The van der Waals surface area contributed by atoms with Crippen LogP contribution >= 0.6 is 0 Å². The quantitative estimate of drug-likeness (QED) is 0.477. The molecule has 0 aromatic heterocycles. The number of benzene rings is 1. The van der Waals surface area contributed by atoms with E-state index in [9.17, 15) is 9.59 Å². The lowest BCUT2D eigenvalue weighted by molar-refractivity contribution is -0.138. The molecule has 0 aliphatic heterocycles. The zero-order valence-corrected chi connectivity index (χ0v) is 14.8. The molecular formula is C21H28O4. The number of unbranched alkanes of at least 4 members (excludes halogenated alkanes) is 2. The van der Waals surface area contributed by atoms with Gasteiger partial charge in [0.05, 0.1) is 6.61 Å². The highest BCUT2D eigenvalue weighted by Crippen LogP contribution is 2.48. The van der Waals surface area contributed by atoms with Crippen LogP contribution in [0.25, 0.3) is 0 Å². The molecule has 2 unspecified atom stereocenters. The first-order chi connectivity index (χ1) is 12.3. The average Bonchev–Trinajstić information content (AvgIpc) is 3.12. The zero-order valence-electron chi connectivity index (χ0n) is 14.8. The highest BCUT2D eigenvalue weighted by Gasteiger charge is 2.49. The predicted molar refractivity (Wildman–Crippen MR) is 94.8 cm³/mol. The maximum Gasteiger partial charge on any atom is 0.293 e. The van der Waals surface area contributed by atoms with E-state index in [0.717, 1.165) is 38.7 Å². The van der Waals surface area contributed by atoms with Crippen molar-refractivity contribution >= 4 is 12.3 Å². The number of hydrogen-bond donors (Lipinski definition) is 0. The lowest BCUT2D eigenvalue weighted by Crippen LogP contribution is -2.25. The Bertz CT molecular complexity index is 556. The Labute approximate surface area is 149 Å². The third-order valence-corrected chi connectivity index (χ3v) is 5.74. The summed E-state index contributed by atoms with van der Waals surface area (Å²) in [5, 5.41) is 0. The molecule has 136 valence electrons. The second kappa shape index (κ2) is 9.14. The van der Waals surface area contributed by atoms with Crippen molar-refractivity contribution in [3.63, 3.8) is 0 Å². The monoisotopic (exact) mass is 344 g/mol. The van der Waals surface area contributed by atoms with Crippen LogP contribution in [0.4, 0.5) is 0 Å². The van der Waals surface area contributed by atoms with Crippen molar-refractivity contribution in [2.24, 2.45) is 17.8 Å². The number of carbonyl (C=O) groups is 2. The second-order valence-electron chi connectivity index (χ2n) is 7.45. The standard InChI is InChI=1S/C21H28O4/c22-15-25-21-17(11-18-12-19(23)13-20(18)21)9-5-2-6-10-24-14-16-7-3-1-4-8-16/h1,3-4,7-8,15,17-18,20-21H,2,5-6,9-14H2/t17-,18?,20?,21-/m1/s1. The van der Waals surface area contributed by atoms with Crippen molar-refractivity contribution in [3.05, 3.63) is 35.9 Å². The number of carbonyl (C=O) groups excluding carboxylic acids is 2. The Morgan fingerprint density at radius 2 is 1.92 bits per heavy atom. The number of ether oxygens (including phenoxy) is 2. The highest BCUT2D eigenvalue weighted by atomic mass is 16.5. The molecule has 2 aliphatic carbocycles. The molecule has 0 bridgehead atoms. The van der Waals surface area contributed by atoms with E-state index in [4.69, 9.17) is 9.47 Å². The van der Waals surface area contributed by atoms with Crippen molar-refractivity contribution in [1.29, 1.82) is 0 Å². The number of rotatable bonds is 10. The minimum atomic E-state index is -0.0386. The van der Waals surface area contributed by atoms with Gasteiger partial charge in [0.1, 0.15) is 11.9 Å². The molecule has 4 heteroatoms. The van der Waals surface area contributed by atoms with E-state index in [1.807, 2.05) is 18.2 Å². The Balaban J connectivity index is 1.30. The predicted octanol–water partition coefficient (Wildman–Crippen LogP) is 3.92. The lowest BCUT2D eigenvalue weighted by atomic mass is 9.93. The van der Waals surface area contributed by atoms with Crippen LogP contribution in [0.15, 0.2) is 30.3 Å². The van der Waals surface area contributed by atoms with E-state index in [2.05, 4.69) is 12.1 Å². The van der Waals surface area contributed by atoms with Crippen LogP contribution in [0.5, 0.6) is 0 Å². The minimum absolute atomic E-state index is 0.0386. The van der Waals surface area contributed by atoms with Gasteiger partial charge in [0.2, 0.25) is 0 Å². The van der Waals surface area contributed by atoms with Gasteiger partial charge in [0, 0.05) is 25.4 Å². The van der Waals surface area contributed by atoms with Crippen LogP contribution in [-0.2, 0) is 25.7 Å². The van der Waals surface area contributed by atoms with E-state index >= 15 is 0 Å². The number of hydrogen-bond acceptors (Lipinski definition) is 4. The van der Waals surface area contributed by atoms with Crippen molar-refractivity contribution in [2.45, 2.75) is 57.7 Å². The smallest absolute Gasteiger partial charge is 0.293 e. The summed E-state index contributed by atoms with van der Waals surface area (Å²) in [6.45, 7) is 2.03. The van der Waals surface area contributed by atoms with E-state index in [1.165, 1.54) is 5.56 Å². The second-order valence-corrected chi connectivity index (χ2v) is 7.45. The third kappa shape index (κ3) is 4.91. The molecule has 0 amide bonds. The van der Waals surface area contributed by atoms with E-state index in [-0.39, 0.29) is 12.0 Å². The molecule has 4 atom stereocenters. The summed E-state index contributed by atoms with van der Waals surface area (Å²) < 4.78 is 11.1. The third-order valence-electron chi connectivity index (χ3n) is 5.74. The van der Waals surface area contributed by atoms with Gasteiger partial charge in [-0.25, -0.2) is 0 Å². The van der Waals surface area contributed by atoms with Crippen molar-refractivity contribution in [2.75, 3.05) is 6.61 Å². The van der Waals surface area contributed by atoms with E-state index < -0.39 is 0 Å². The molecule has 0 radical (unpaired) electrons. The summed E-state index contributed by atoms with van der Waals surface area (Å²) >= 11 is 0. The summed E-state index contributed by atoms with van der Waals surface area (Å²) in [4.78, 5) is 22.4. The van der Waals surface area contributed by atoms with Gasteiger partial charge in [-0.15, -0.1) is 0 Å². The van der Waals surface area contributed by atoms with Gasteiger partial charge in [-0.05, 0) is 36.7 Å². The molecule has 0 N–H and O–H groups in total. The summed E-state index contributed by atoms with van der Waals surface area (Å²) in [7, 11) is 0. The van der Waals surface area contributed by atoms with Gasteiger partial charge in [0.15, 0.2) is 0 Å². The molecule has 3 rings (SSSR count). The van der Waals surface area contributed by atoms with Crippen LogP contribution < -0.4 is 0 Å². The molecule has 2 saturated carbocycles. The molecule has 1 aromatic carbocycles. The maximum atomic E-state index is 11.6. The highest BCUT2D eigenvalue weighted by molar-refractivity contribution is 5.81. The van der Waals surface area contributed by atoms with Crippen LogP contribution in [0.3, 0.4) is 0 Å². The number of fused-ring (bicyclic) bond motifs is 1. The van der Waals surface area contributed by atoms with Gasteiger partial charge in [0.25, 0.3) is 6.47 Å². The Kier molecular flexibility index (Phi) is 6.62. The minimum Gasteiger partial charge on any atom is -0.464 e. The Morgan fingerprint density at radius 1 is 1.08 bits per heavy atom. The molecular weight excluding hydrogens is 316 g/mol. The van der Waals surface area contributed by atoms with Crippen molar-refractivity contribution in [1.82, 2.24) is 0 Å². The molecule has 25 heavy (non-hydrogen) atoms. The van der Waals surface area contributed by atoms with Crippen LogP contribution in [0, 0.1) is 17.8 Å². The van der Waals surface area contributed by atoms with Crippen molar-refractivity contribution < 1.29 is 19.1 Å². The summed E-state index contributed by atoms with van der Waals surface area (Å²) in [5.74, 6) is 1.48. The van der Waals surface area contributed by atoms with E-state index in [1.54, 1.807) is 0 Å². The number of Topliss-reactive ketones (excluding diaryl/α,β-unsaturated/α-hetero) is 1. The van der Waals surface area contributed by atoms with Crippen molar-refractivity contribution in [3.8, 4) is 0 Å². The Hall–Kier alpha value is -1.68. The topological polar surface area (TPSA) is 52.6 Å². The molecule has 0 heterocycles. The summed E-state index contributed by atoms with van der Waals surface area (Å²) in [6, 6.07) is 10.2. The van der Waals surface area contributed by atoms with Gasteiger partial charge in [-0.2, -0.15) is 0 Å². The molecule has 0 spiro atoms. The summed E-state index contributed by atoms with van der Waals surface area (Å²) in [5.41, 5.74) is 1.21. The largest absolute Gasteiger partial charge is 0.464 e. The number of ketones is 1. The van der Waals surface area contributed by atoms with Crippen LogP contribution in [-0.4, -0.2) is 25.0 Å². The van der Waals surface area contributed by atoms with Gasteiger partial charge in [-0.3, -0.25) is 9.59 Å². The fraction of sp³-hybridized carbons (Fsp3) is 0.619. The normalized spacial score (nSPS) is 28.1. The molecule has 0 saturated heterocycles. The van der Waals surface area contributed by atoms with Crippen LogP contribution in [0.2, 0.25) is 0 Å². The van der Waals surface area contributed by atoms with Gasteiger partial charge >= 0.3 is 0 Å². The first-order valence-electron chi connectivity index (χ1n) is 9.50. The first-order valence-corrected chi connectivity index (χ1v) is 9.50. The van der Waals surface area contributed by atoms with Gasteiger partial charge < -0.3 is 9.47 Å². The van der Waals surface area contributed by atoms with Gasteiger partial charge in [-0.1, -0.05) is 43.2 Å². The SMILES string of the molecule is O=CO[C@H]1C2CC(=O)CC2C[C@H]1CCCCCOCc1ccccc1. The maximum absolute atomic E-state index is 11.6. The molecule has 2 aliphatic rings. The lowest BCUT2D eigenvalue weighted by Gasteiger charge is -2.22. The fourth-order valence-electron chi connectivity index (χ4n) is 4.58. The summed E-state index contributed by atoms with van der Waals surface area (Å²) in [6.07, 6.45) is 6.70. The van der Waals surface area contributed by atoms with E-state index in [0.29, 0.717) is 43.5 Å². The zero-order chi connectivity index (χ0) is 17.5. The molecule has 2 fully saturated rings. The fourth-order valence-corrected chi connectivity index (χ4v) is 4.58.